The summed E-state index contributed by atoms with van der Waals surface area (Å²) in [6.07, 6.45) is 4.38. The Morgan fingerprint density at radius 3 is 2.67 bits per heavy atom. The Labute approximate surface area is 111 Å². The van der Waals surface area contributed by atoms with Crippen molar-refractivity contribution in [1.82, 2.24) is 4.90 Å². The molecule has 4 atom stereocenters. The maximum Gasteiger partial charge on any atom is 0.225 e. The molecule has 1 aliphatic rings. The van der Waals surface area contributed by atoms with Gasteiger partial charge in [-0.25, -0.2) is 0 Å². The van der Waals surface area contributed by atoms with Crippen molar-refractivity contribution in [2.24, 2.45) is 17.6 Å². The summed E-state index contributed by atoms with van der Waals surface area (Å²) in [4.78, 5) is 14.2. The molecule has 0 radical (unpaired) electrons. The van der Waals surface area contributed by atoms with Crippen molar-refractivity contribution in [2.45, 2.75) is 51.6 Å². The summed E-state index contributed by atoms with van der Waals surface area (Å²) in [5.41, 5.74) is 6.00. The van der Waals surface area contributed by atoms with Gasteiger partial charge >= 0.3 is 0 Å². The molecule has 2 N–H and O–H groups in total. The van der Waals surface area contributed by atoms with Crippen molar-refractivity contribution in [3.63, 3.8) is 0 Å². The lowest BCUT2D eigenvalue weighted by Gasteiger charge is -2.34. The number of ether oxygens (including phenoxy) is 1. The SMILES string of the molecule is COCC(C)N(C)C(=O)C(C)C1CCCC(N)C1. The fraction of sp³-hybridized carbons (Fsp3) is 0.929. The fourth-order valence-electron chi connectivity index (χ4n) is 2.81. The Morgan fingerprint density at radius 2 is 2.11 bits per heavy atom. The number of hydrogen-bond donors (Lipinski definition) is 1. The molecule has 4 heteroatoms. The van der Waals surface area contributed by atoms with E-state index < -0.39 is 0 Å². The third kappa shape index (κ3) is 3.95. The fourth-order valence-corrected chi connectivity index (χ4v) is 2.81. The normalized spacial score (nSPS) is 27.6. The standard InChI is InChI=1S/C14H28N2O2/c1-10(9-18-4)16(3)14(17)11(2)12-6-5-7-13(15)8-12/h10-13H,5-9,15H2,1-4H3. The zero-order chi connectivity index (χ0) is 13.7. The molecule has 0 aromatic heterocycles. The van der Waals surface area contributed by atoms with Gasteiger partial charge in [-0.15, -0.1) is 0 Å². The van der Waals surface area contributed by atoms with Gasteiger partial charge in [-0.1, -0.05) is 13.3 Å². The van der Waals surface area contributed by atoms with Crippen LogP contribution < -0.4 is 5.73 Å². The zero-order valence-electron chi connectivity index (χ0n) is 12.2. The maximum atomic E-state index is 12.4. The van der Waals surface area contributed by atoms with E-state index >= 15 is 0 Å². The second-order valence-electron chi connectivity index (χ2n) is 5.73. The monoisotopic (exact) mass is 256 g/mol. The van der Waals surface area contributed by atoms with Crippen molar-refractivity contribution in [3.8, 4) is 0 Å². The molecular weight excluding hydrogens is 228 g/mol. The van der Waals surface area contributed by atoms with Gasteiger partial charge in [-0.3, -0.25) is 4.79 Å². The van der Waals surface area contributed by atoms with Crippen LogP contribution in [0.4, 0.5) is 0 Å². The summed E-state index contributed by atoms with van der Waals surface area (Å²) in [7, 11) is 3.53. The topological polar surface area (TPSA) is 55.6 Å². The number of methoxy groups -OCH3 is 1. The summed E-state index contributed by atoms with van der Waals surface area (Å²) in [5, 5.41) is 0. The van der Waals surface area contributed by atoms with E-state index in [4.69, 9.17) is 10.5 Å². The van der Waals surface area contributed by atoms with Crippen molar-refractivity contribution >= 4 is 5.91 Å². The van der Waals surface area contributed by atoms with Gasteiger partial charge in [-0.05, 0) is 32.1 Å². The molecule has 1 aliphatic carbocycles. The van der Waals surface area contributed by atoms with E-state index in [9.17, 15) is 4.79 Å². The highest BCUT2D eigenvalue weighted by Crippen LogP contribution is 2.30. The third-order valence-electron chi connectivity index (χ3n) is 4.27. The predicted molar refractivity (Wildman–Crippen MR) is 73.2 cm³/mol. The quantitative estimate of drug-likeness (QED) is 0.813. The van der Waals surface area contributed by atoms with Crippen LogP contribution in [0.3, 0.4) is 0 Å². The highest BCUT2D eigenvalue weighted by Gasteiger charge is 2.31. The van der Waals surface area contributed by atoms with E-state index in [0.717, 1.165) is 25.7 Å². The number of hydrogen-bond acceptors (Lipinski definition) is 3. The van der Waals surface area contributed by atoms with Crippen molar-refractivity contribution < 1.29 is 9.53 Å². The van der Waals surface area contributed by atoms with Gasteiger partial charge < -0.3 is 15.4 Å². The molecule has 0 spiro atoms. The van der Waals surface area contributed by atoms with Crippen molar-refractivity contribution in [1.29, 1.82) is 0 Å². The summed E-state index contributed by atoms with van der Waals surface area (Å²) >= 11 is 0. The summed E-state index contributed by atoms with van der Waals surface area (Å²) in [6, 6.07) is 0.405. The number of nitrogens with zero attached hydrogens (tertiary/aromatic N) is 1. The maximum absolute atomic E-state index is 12.4. The lowest BCUT2D eigenvalue weighted by Crippen LogP contribution is -2.44. The van der Waals surface area contributed by atoms with Crippen LogP contribution in [0.25, 0.3) is 0 Å². The minimum absolute atomic E-state index is 0.0701. The van der Waals surface area contributed by atoms with Crippen LogP contribution in [0, 0.1) is 11.8 Å². The van der Waals surface area contributed by atoms with Gasteiger partial charge in [0.15, 0.2) is 0 Å². The average Bonchev–Trinajstić information content (AvgIpc) is 2.36. The van der Waals surface area contributed by atoms with Gasteiger partial charge in [0.2, 0.25) is 5.91 Å². The smallest absolute Gasteiger partial charge is 0.225 e. The highest BCUT2D eigenvalue weighted by atomic mass is 16.5. The molecule has 1 fully saturated rings. The molecule has 1 saturated carbocycles. The Kier molecular flexibility index (Phi) is 6.09. The first-order chi connectivity index (χ1) is 8.47. The number of carbonyl (C=O) groups excluding carboxylic acids is 1. The summed E-state index contributed by atoms with van der Waals surface area (Å²) in [5.74, 6) is 0.734. The van der Waals surface area contributed by atoms with Crippen molar-refractivity contribution in [2.75, 3.05) is 20.8 Å². The Balaban J connectivity index is 2.54. The lowest BCUT2D eigenvalue weighted by molar-refractivity contribution is -0.138. The molecule has 106 valence electrons. The predicted octanol–water partition coefficient (Wildman–Crippen LogP) is 1.63. The number of amides is 1. The third-order valence-corrected chi connectivity index (χ3v) is 4.27. The first kappa shape index (κ1) is 15.4. The van der Waals surface area contributed by atoms with E-state index in [1.54, 1.807) is 7.11 Å². The van der Waals surface area contributed by atoms with E-state index in [1.165, 1.54) is 0 Å². The van der Waals surface area contributed by atoms with Crippen molar-refractivity contribution in [3.05, 3.63) is 0 Å². The number of nitrogens with two attached hydrogens (primary N) is 1. The van der Waals surface area contributed by atoms with Crippen LogP contribution in [-0.4, -0.2) is 43.7 Å². The molecule has 0 heterocycles. The molecule has 0 aromatic rings. The Morgan fingerprint density at radius 1 is 1.44 bits per heavy atom. The van der Waals surface area contributed by atoms with Crippen LogP contribution in [0.15, 0.2) is 0 Å². The molecule has 0 saturated heterocycles. The highest BCUT2D eigenvalue weighted by molar-refractivity contribution is 5.78. The van der Waals surface area contributed by atoms with Gasteiger partial charge in [0.05, 0.1) is 12.6 Å². The molecule has 18 heavy (non-hydrogen) atoms. The second kappa shape index (κ2) is 7.10. The van der Waals surface area contributed by atoms with Crippen LogP contribution in [0.5, 0.6) is 0 Å². The Hall–Kier alpha value is -0.610. The van der Waals surface area contributed by atoms with Gasteiger partial charge in [-0.2, -0.15) is 0 Å². The molecule has 0 aromatic carbocycles. The molecule has 0 aliphatic heterocycles. The van der Waals surface area contributed by atoms with Gasteiger partial charge in [0.1, 0.15) is 0 Å². The van der Waals surface area contributed by atoms with E-state index in [0.29, 0.717) is 12.5 Å². The Bertz CT molecular complexity index is 271. The first-order valence-electron chi connectivity index (χ1n) is 6.98. The zero-order valence-corrected chi connectivity index (χ0v) is 12.2. The summed E-state index contributed by atoms with van der Waals surface area (Å²) < 4.78 is 5.10. The number of carbonyl (C=O) groups is 1. The average molecular weight is 256 g/mol. The molecular formula is C14H28N2O2. The molecule has 0 bridgehead atoms. The molecule has 1 amide bonds. The molecule has 1 rings (SSSR count). The van der Waals surface area contributed by atoms with E-state index in [-0.39, 0.29) is 23.9 Å². The number of rotatable bonds is 5. The van der Waals surface area contributed by atoms with Gasteiger partial charge in [0.25, 0.3) is 0 Å². The minimum atomic E-state index is 0.0701. The van der Waals surface area contributed by atoms with Gasteiger partial charge in [0, 0.05) is 26.1 Å². The summed E-state index contributed by atoms with van der Waals surface area (Å²) in [6.45, 7) is 4.64. The van der Waals surface area contributed by atoms with E-state index in [1.807, 2.05) is 25.8 Å². The second-order valence-corrected chi connectivity index (χ2v) is 5.73. The van der Waals surface area contributed by atoms with Crippen LogP contribution in [0.2, 0.25) is 0 Å². The first-order valence-corrected chi connectivity index (χ1v) is 6.98. The molecule has 4 nitrogen and oxygen atoms in total. The van der Waals surface area contributed by atoms with E-state index in [2.05, 4.69) is 0 Å². The van der Waals surface area contributed by atoms with Crippen LogP contribution >= 0.6 is 0 Å². The number of likely N-dealkylation sites (N-methyl/N-ethyl adjacent to an activating group) is 1. The minimum Gasteiger partial charge on any atom is -0.383 e. The molecule has 4 unspecified atom stereocenters. The van der Waals surface area contributed by atoms with Crippen LogP contribution in [0.1, 0.15) is 39.5 Å². The lowest BCUT2D eigenvalue weighted by atomic mass is 9.78. The van der Waals surface area contributed by atoms with Crippen LogP contribution in [-0.2, 0) is 9.53 Å². The largest absolute Gasteiger partial charge is 0.383 e.